The molecule has 6 heteroatoms. The van der Waals surface area contributed by atoms with Crippen LogP contribution in [0, 0.1) is 6.92 Å². The number of halogens is 1. The Labute approximate surface area is 105 Å². The molecule has 2 heterocycles. The number of carbonyl (C=O) groups is 1. The van der Waals surface area contributed by atoms with Crippen molar-refractivity contribution in [1.29, 1.82) is 0 Å². The van der Waals surface area contributed by atoms with E-state index in [2.05, 4.69) is 31.4 Å². The van der Waals surface area contributed by atoms with Crippen LogP contribution in [0.3, 0.4) is 0 Å². The maximum Gasteiger partial charge on any atom is 0.255 e. The molecule has 0 fully saturated rings. The summed E-state index contributed by atoms with van der Waals surface area (Å²) in [5, 5.41) is 11.4. The zero-order valence-corrected chi connectivity index (χ0v) is 11.0. The fourth-order valence-corrected chi connectivity index (χ4v) is 2.68. The van der Waals surface area contributed by atoms with Gasteiger partial charge in [-0.3, -0.25) is 9.89 Å². The number of nitrogens with zero attached hydrogens (tertiary/aromatic N) is 1. The van der Waals surface area contributed by atoms with E-state index in [0.29, 0.717) is 12.1 Å². The van der Waals surface area contributed by atoms with E-state index < -0.39 is 0 Å². The molecule has 16 heavy (non-hydrogen) atoms. The van der Waals surface area contributed by atoms with Crippen LogP contribution in [0.25, 0.3) is 0 Å². The first-order chi connectivity index (χ1) is 7.66. The van der Waals surface area contributed by atoms with Gasteiger partial charge in [-0.15, -0.1) is 11.3 Å². The van der Waals surface area contributed by atoms with E-state index in [1.807, 2.05) is 18.4 Å². The molecular weight excluding hydrogens is 290 g/mol. The average molecular weight is 300 g/mol. The molecular formula is C10H10BrN3OS. The number of aromatic nitrogens is 2. The van der Waals surface area contributed by atoms with Crippen molar-refractivity contribution in [2.24, 2.45) is 0 Å². The van der Waals surface area contributed by atoms with E-state index in [0.717, 1.165) is 15.0 Å². The van der Waals surface area contributed by atoms with Crippen molar-refractivity contribution in [2.75, 3.05) is 0 Å². The van der Waals surface area contributed by atoms with Crippen LogP contribution in [-0.4, -0.2) is 16.1 Å². The summed E-state index contributed by atoms with van der Waals surface area (Å²) in [7, 11) is 0. The molecule has 0 aliphatic heterocycles. The van der Waals surface area contributed by atoms with Gasteiger partial charge in [0.25, 0.3) is 5.91 Å². The lowest BCUT2D eigenvalue weighted by Crippen LogP contribution is -2.22. The predicted molar refractivity (Wildman–Crippen MR) is 66.5 cm³/mol. The highest BCUT2D eigenvalue weighted by Gasteiger charge is 2.10. The summed E-state index contributed by atoms with van der Waals surface area (Å²) in [6.07, 6.45) is 1.54. The maximum atomic E-state index is 11.7. The number of hydrogen-bond donors (Lipinski definition) is 2. The molecule has 4 nitrogen and oxygen atoms in total. The van der Waals surface area contributed by atoms with Crippen LogP contribution in [-0.2, 0) is 6.54 Å². The predicted octanol–water partition coefficient (Wildman–Crippen LogP) is 2.47. The summed E-state index contributed by atoms with van der Waals surface area (Å²) in [6.45, 7) is 2.36. The number of rotatable bonds is 3. The van der Waals surface area contributed by atoms with Crippen molar-refractivity contribution < 1.29 is 4.79 Å². The number of nitrogens with one attached hydrogen (secondary N) is 2. The first-order valence-corrected chi connectivity index (χ1v) is 6.35. The second kappa shape index (κ2) is 4.80. The van der Waals surface area contributed by atoms with Gasteiger partial charge in [0.15, 0.2) is 0 Å². The molecule has 84 valence electrons. The summed E-state index contributed by atoms with van der Waals surface area (Å²) in [6, 6.07) is 1.99. The summed E-state index contributed by atoms with van der Waals surface area (Å²) in [5.41, 5.74) is 1.38. The van der Waals surface area contributed by atoms with Crippen LogP contribution < -0.4 is 5.32 Å². The van der Waals surface area contributed by atoms with E-state index in [9.17, 15) is 4.79 Å². The van der Waals surface area contributed by atoms with E-state index in [1.54, 1.807) is 11.3 Å². The van der Waals surface area contributed by atoms with Gasteiger partial charge >= 0.3 is 0 Å². The van der Waals surface area contributed by atoms with Crippen molar-refractivity contribution in [3.63, 3.8) is 0 Å². The minimum atomic E-state index is -0.101. The molecule has 0 saturated heterocycles. The third-order valence-corrected chi connectivity index (χ3v) is 3.82. The number of amides is 1. The quantitative estimate of drug-likeness (QED) is 0.915. The number of H-pyrrole nitrogens is 1. The first kappa shape index (κ1) is 11.3. The standard InChI is InChI=1S/C10H10BrN3OS/c1-6-9(4-13-14-6)10(15)12-3-8-2-7(11)5-16-8/h2,4-5H,3H2,1H3,(H,12,15)(H,13,14). The van der Waals surface area contributed by atoms with Gasteiger partial charge in [0.2, 0.25) is 0 Å². The Balaban J connectivity index is 1.96. The molecule has 2 N–H and O–H groups in total. The number of aryl methyl sites for hydroxylation is 1. The fourth-order valence-electron chi connectivity index (χ4n) is 1.29. The maximum absolute atomic E-state index is 11.7. The van der Waals surface area contributed by atoms with Crippen LogP contribution in [0.5, 0.6) is 0 Å². The molecule has 0 atom stereocenters. The number of thiophene rings is 1. The lowest BCUT2D eigenvalue weighted by atomic mass is 10.2. The minimum Gasteiger partial charge on any atom is -0.347 e. The summed E-state index contributed by atoms with van der Waals surface area (Å²) < 4.78 is 1.04. The fraction of sp³-hybridized carbons (Fsp3) is 0.200. The molecule has 0 aliphatic rings. The van der Waals surface area contributed by atoms with Crippen LogP contribution >= 0.6 is 27.3 Å². The van der Waals surface area contributed by atoms with Crippen LogP contribution in [0.2, 0.25) is 0 Å². The second-order valence-electron chi connectivity index (χ2n) is 3.32. The largest absolute Gasteiger partial charge is 0.347 e. The Kier molecular flexibility index (Phi) is 3.40. The van der Waals surface area contributed by atoms with Crippen LogP contribution in [0.15, 0.2) is 22.1 Å². The zero-order valence-electron chi connectivity index (χ0n) is 8.58. The molecule has 0 aliphatic carbocycles. The molecule has 1 amide bonds. The number of aromatic amines is 1. The molecule has 0 aromatic carbocycles. The lowest BCUT2D eigenvalue weighted by molar-refractivity contribution is 0.0951. The Hall–Kier alpha value is -1.14. The molecule has 0 unspecified atom stereocenters. The molecule has 0 bridgehead atoms. The lowest BCUT2D eigenvalue weighted by Gasteiger charge is -2.01. The normalized spacial score (nSPS) is 10.4. The van der Waals surface area contributed by atoms with E-state index >= 15 is 0 Å². The smallest absolute Gasteiger partial charge is 0.255 e. The van der Waals surface area contributed by atoms with Gasteiger partial charge in [0.1, 0.15) is 0 Å². The summed E-state index contributed by atoms with van der Waals surface area (Å²) >= 11 is 4.98. The average Bonchev–Trinajstić information content (AvgIpc) is 2.84. The third-order valence-electron chi connectivity index (χ3n) is 2.12. The molecule has 0 saturated carbocycles. The van der Waals surface area contributed by atoms with Crippen molar-refractivity contribution in [3.05, 3.63) is 38.3 Å². The first-order valence-electron chi connectivity index (χ1n) is 4.68. The second-order valence-corrected chi connectivity index (χ2v) is 5.23. The molecule has 0 spiro atoms. The van der Waals surface area contributed by atoms with Crippen LogP contribution in [0.1, 0.15) is 20.9 Å². The van der Waals surface area contributed by atoms with Gasteiger partial charge in [0.05, 0.1) is 18.3 Å². The monoisotopic (exact) mass is 299 g/mol. The van der Waals surface area contributed by atoms with E-state index in [-0.39, 0.29) is 5.91 Å². The number of hydrogen-bond acceptors (Lipinski definition) is 3. The summed E-state index contributed by atoms with van der Waals surface area (Å²) in [5.74, 6) is -0.101. The highest BCUT2D eigenvalue weighted by Crippen LogP contribution is 2.19. The Bertz CT molecular complexity index is 506. The van der Waals surface area contributed by atoms with Gasteiger partial charge in [0, 0.05) is 20.4 Å². The zero-order chi connectivity index (χ0) is 11.5. The Morgan fingerprint density at radius 2 is 2.50 bits per heavy atom. The minimum absolute atomic E-state index is 0.101. The van der Waals surface area contributed by atoms with Crippen molar-refractivity contribution in [3.8, 4) is 0 Å². The van der Waals surface area contributed by atoms with Crippen LogP contribution in [0.4, 0.5) is 0 Å². The Morgan fingerprint density at radius 1 is 1.69 bits per heavy atom. The third kappa shape index (κ3) is 2.51. The van der Waals surface area contributed by atoms with Gasteiger partial charge in [-0.05, 0) is 28.9 Å². The van der Waals surface area contributed by atoms with E-state index in [4.69, 9.17) is 0 Å². The van der Waals surface area contributed by atoms with Crippen molar-refractivity contribution in [2.45, 2.75) is 13.5 Å². The van der Waals surface area contributed by atoms with Crippen molar-refractivity contribution >= 4 is 33.2 Å². The SMILES string of the molecule is Cc1[nH]ncc1C(=O)NCc1cc(Br)cs1. The van der Waals surface area contributed by atoms with Gasteiger partial charge in [-0.2, -0.15) is 5.10 Å². The van der Waals surface area contributed by atoms with Gasteiger partial charge < -0.3 is 5.32 Å². The number of carbonyl (C=O) groups excluding carboxylic acids is 1. The topological polar surface area (TPSA) is 57.8 Å². The van der Waals surface area contributed by atoms with E-state index in [1.165, 1.54) is 6.20 Å². The Morgan fingerprint density at radius 3 is 3.06 bits per heavy atom. The molecule has 2 aromatic rings. The molecule has 2 rings (SSSR count). The van der Waals surface area contributed by atoms with Crippen molar-refractivity contribution in [1.82, 2.24) is 15.5 Å². The molecule has 2 aromatic heterocycles. The highest BCUT2D eigenvalue weighted by atomic mass is 79.9. The summed E-state index contributed by atoms with van der Waals surface area (Å²) in [4.78, 5) is 12.8. The van der Waals surface area contributed by atoms with Gasteiger partial charge in [-0.25, -0.2) is 0 Å². The molecule has 0 radical (unpaired) electrons. The highest BCUT2D eigenvalue weighted by molar-refractivity contribution is 9.10. The van der Waals surface area contributed by atoms with Gasteiger partial charge in [-0.1, -0.05) is 0 Å².